The van der Waals surface area contributed by atoms with E-state index in [-0.39, 0.29) is 18.3 Å². The molecule has 1 aliphatic rings. The lowest BCUT2D eigenvalue weighted by Gasteiger charge is -2.15. The van der Waals surface area contributed by atoms with Crippen molar-refractivity contribution in [3.8, 4) is 0 Å². The van der Waals surface area contributed by atoms with E-state index in [4.69, 9.17) is 16.4 Å². The van der Waals surface area contributed by atoms with E-state index in [9.17, 15) is 0 Å². The zero-order chi connectivity index (χ0) is 8.97. The minimum absolute atomic E-state index is 0.00222. The van der Waals surface area contributed by atoms with Gasteiger partial charge in [-0.05, 0) is 19.3 Å². The Bertz CT molecular complexity index is 125. The van der Waals surface area contributed by atoms with Gasteiger partial charge in [0.2, 0.25) is 0 Å². The Balaban J connectivity index is 2.25. The third kappa shape index (κ3) is 2.46. The molecule has 0 aromatic rings. The van der Waals surface area contributed by atoms with Crippen LogP contribution in [0.4, 0.5) is 0 Å². The van der Waals surface area contributed by atoms with Crippen molar-refractivity contribution < 1.29 is 9.47 Å². The molecule has 12 heavy (non-hydrogen) atoms. The SMILES string of the molecule is [CH]C(CC)C1COC(CCC)O1. The lowest BCUT2D eigenvalue weighted by Crippen LogP contribution is -2.20. The van der Waals surface area contributed by atoms with E-state index in [2.05, 4.69) is 13.8 Å². The van der Waals surface area contributed by atoms with Crippen LogP contribution in [0.5, 0.6) is 0 Å². The second-order valence-corrected chi connectivity index (χ2v) is 3.30. The molecule has 0 aromatic carbocycles. The van der Waals surface area contributed by atoms with E-state index in [1.807, 2.05) is 0 Å². The standard InChI is InChI=1S/C10H18O2/c1-4-6-10-11-7-9(12-10)8(3)5-2/h3,8-10H,4-7H2,1-2H3. The highest BCUT2D eigenvalue weighted by molar-refractivity contribution is 4.75. The van der Waals surface area contributed by atoms with Crippen LogP contribution in [0, 0.1) is 12.8 Å². The monoisotopic (exact) mass is 170 g/mol. The highest BCUT2D eigenvalue weighted by atomic mass is 16.7. The fraction of sp³-hybridized carbons (Fsp3) is 0.900. The average Bonchev–Trinajstić information content (AvgIpc) is 2.52. The Morgan fingerprint density at radius 2 is 2.25 bits per heavy atom. The maximum Gasteiger partial charge on any atom is 0.158 e. The van der Waals surface area contributed by atoms with Crippen molar-refractivity contribution in [3.05, 3.63) is 6.92 Å². The van der Waals surface area contributed by atoms with Gasteiger partial charge in [-0.3, -0.25) is 0 Å². The summed E-state index contributed by atoms with van der Waals surface area (Å²) in [6, 6.07) is 0. The molecule has 0 aromatic heterocycles. The van der Waals surface area contributed by atoms with Crippen molar-refractivity contribution in [2.24, 2.45) is 5.92 Å². The zero-order valence-corrected chi connectivity index (χ0v) is 7.95. The Labute approximate surface area is 75.2 Å². The summed E-state index contributed by atoms with van der Waals surface area (Å²) in [5, 5.41) is 0. The van der Waals surface area contributed by atoms with E-state index in [0.717, 1.165) is 19.3 Å². The second-order valence-electron chi connectivity index (χ2n) is 3.30. The molecular weight excluding hydrogens is 152 g/mol. The maximum absolute atomic E-state index is 5.83. The van der Waals surface area contributed by atoms with E-state index in [1.54, 1.807) is 0 Å². The van der Waals surface area contributed by atoms with Crippen molar-refractivity contribution in [2.45, 2.75) is 45.5 Å². The number of hydrogen-bond acceptors (Lipinski definition) is 2. The molecule has 2 nitrogen and oxygen atoms in total. The van der Waals surface area contributed by atoms with Crippen LogP contribution in [0.1, 0.15) is 33.1 Å². The number of ether oxygens (including phenoxy) is 2. The third-order valence-corrected chi connectivity index (χ3v) is 2.25. The Hall–Kier alpha value is -0.0800. The van der Waals surface area contributed by atoms with Crippen LogP contribution in [-0.2, 0) is 9.47 Å². The molecule has 0 bridgehead atoms. The van der Waals surface area contributed by atoms with Crippen LogP contribution in [-0.4, -0.2) is 19.0 Å². The predicted octanol–water partition coefficient (Wildman–Crippen LogP) is 2.27. The highest BCUT2D eigenvalue weighted by Crippen LogP contribution is 2.22. The van der Waals surface area contributed by atoms with Gasteiger partial charge in [-0.1, -0.05) is 26.7 Å². The average molecular weight is 170 g/mol. The smallest absolute Gasteiger partial charge is 0.158 e. The fourth-order valence-corrected chi connectivity index (χ4v) is 1.35. The largest absolute Gasteiger partial charge is 0.350 e. The summed E-state index contributed by atoms with van der Waals surface area (Å²) < 4.78 is 11.0. The molecule has 0 aliphatic carbocycles. The Morgan fingerprint density at radius 3 is 2.83 bits per heavy atom. The molecule has 70 valence electrons. The normalized spacial score (nSPS) is 32.2. The van der Waals surface area contributed by atoms with Crippen LogP contribution in [0.2, 0.25) is 0 Å². The van der Waals surface area contributed by atoms with E-state index >= 15 is 0 Å². The first kappa shape index (κ1) is 10.0. The molecule has 0 amide bonds. The minimum atomic E-state index is -0.00222. The zero-order valence-electron chi connectivity index (χ0n) is 7.95. The molecule has 0 saturated carbocycles. The van der Waals surface area contributed by atoms with Crippen molar-refractivity contribution in [1.29, 1.82) is 0 Å². The first-order chi connectivity index (χ1) is 5.77. The molecule has 1 heterocycles. The summed E-state index contributed by atoms with van der Waals surface area (Å²) in [7, 11) is 0. The molecule has 1 fully saturated rings. The Morgan fingerprint density at radius 1 is 1.50 bits per heavy atom. The molecule has 0 spiro atoms. The van der Waals surface area contributed by atoms with Crippen LogP contribution in [0.25, 0.3) is 0 Å². The summed E-state index contributed by atoms with van der Waals surface area (Å²) in [4.78, 5) is 0. The van der Waals surface area contributed by atoms with Gasteiger partial charge < -0.3 is 9.47 Å². The van der Waals surface area contributed by atoms with Gasteiger partial charge in [0, 0.05) is 0 Å². The van der Waals surface area contributed by atoms with Crippen molar-refractivity contribution in [1.82, 2.24) is 0 Å². The third-order valence-electron chi connectivity index (χ3n) is 2.25. The van der Waals surface area contributed by atoms with Gasteiger partial charge in [-0.15, -0.1) is 0 Å². The summed E-state index contributed by atoms with van der Waals surface area (Å²) in [6.07, 6.45) is 3.14. The van der Waals surface area contributed by atoms with Crippen molar-refractivity contribution >= 4 is 0 Å². The van der Waals surface area contributed by atoms with Crippen LogP contribution in [0.15, 0.2) is 0 Å². The van der Waals surface area contributed by atoms with E-state index in [1.165, 1.54) is 0 Å². The summed E-state index contributed by atoms with van der Waals surface area (Å²) in [5.41, 5.74) is 0. The molecule has 3 unspecified atom stereocenters. The van der Waals surface area contributed by atoms with E-state index in [0.29, 0.717) is 6.61 Å². The summed E-state index contributed by atoms with van der Waals surface area (Å²) in [5.74, 6) is 0.131. The van der Waals surface area contributed by atoms with Crippen LogP contribution >= 0.6 is 0 Å². The molecule has 2 heteroatoms. The predicted molar refractivity (Wildman–Crippen MR) is 47.6 cm³/mol. The van der Waals surface area contributed by atoms with Crippen LogP contribution in [0.3, 0.4) is 0 Å². The highest BCUT2D eigenvalue weighted by Gasteiger charge is 2.28. The first-order valence-corrected chi connectivity index (χ1v) is 4.80. The lowest BCUT2D eigenvalue weighted by atomic mass is 10.0. The quantitative estimate of drug-likeness (QED) is 0.644. The second kappa shape index (κ2) is 4.83. The fourth-order valence-electron chi connectivity index (χ4n) is 1.35. The van der Waals surface area contributed by atoms with Gasteiger partial charge in [-0.2, -0.15) is 0 Å². The number of rotatable bonds is 4. The summed E-state index contributed by atoms with van der Waals surface area (Å²) >= 11 is 0. The summed E-state index contributed by atoms with van der Waals surface area (Å²) in [6.45, 7) is 10.7. The molecule has 0 N–H and O–H groups in total. The van der Waals surface area contributed by atoms with Crippen molar-refractivity contribution in [3.63, 3.8) is 0 Å². The van der Waals surface area contributed by atoms with Gasteiger partial charge in [0.1, 0.15) is 0 Å². The van der Waals surface area contributed by atoms with Gasteiger partial charge in [0.25, 0.3) is 0 Å². The molecule has 1 rings (SSSR count). The molecule has 3 atom stereocenters. The van der Waals surface area contributed by atoms with Gasteiger partial charge in [-0.25, -0.2) is 0 Å². The molecular formula is C10H18O2. The van der Waals surface area contributed by atoms with Crippen molar-refractivity contribution in [2.75, 3.05) is 6.61 Å². The molecule has 1 saturated heterocycles. The molecule has 1 aliphatic heterocycles. The molecule has 2 radical (unpaired) electrons. The van der Waals surface area contributed by atoms with Crippen LogP contribution < -0.4 is 0 Å². The van der Waals surface area contributed by atoms with Gasteiger partial charge in [0.05, 0.1) is 12.7 Å². The minimum Gasteiger partial charge on any atom is -0.350 e. The Kier molecular flexibility index (Phi) is 4.02. The maximum atomic E-state index is 5.83. The lowest BCUT2D eigenvalue weighted by molar-refractivity contribution is -0.0683. The van der Waals surface area contributed by atoms with Gasteiger partial charge in [0.15, 0.2) is 6.29 Å². The number of hydrogen-bond donors (Lipinski definition) is 0. The first-order valence-electron chi connectivity index (χ1n) is 4.80. The van der Waals surface area contributed by atoms with E-state index < -0.39 is 0 Å². The van der Waals surface area contributed by atoms with Gasteiger partial charge >= 0.3 is 0 Å². The topological polar surface area (TPSA) is 18.5 Å².